The van der Waals surface area contributed by atoms with Crippen molar-refractivity contribution in [2.45, 2.75) is 46.0 Å². The Morgan fingerprint density at radius 3 is 2.38 bits per heavy atom. The molecule has 29 heavy (non-hydrogen) atoms. The Labute approximate surface area is 181 Å². The van der Waals surface area contributed by atoms with Crippen LogP contribution in [-0.2, 0) is 12.8 Å². The molecule has 152 valence electrons. The second-order valence-corrected chi connectivity index (χ2v) is 7.84. The van der Waals surface area contributed by atoms with Crippen molar-refractivity contribution in [1.82, 2.24) is 9.78 Å². The molecule has 6 heteroatoms. The molecule has 3 rings (SSSR count). The molecule has 1 N–H and O–H groups in total. The van der Waals surface area contributed by atoms with Crippen LogP contribution in [0.25, 0.3) is 22.4 Å². The molecule has 0 saturated heterocycles. The van der Waals surface area contributed by atoms with Gasteiger partial charge in [0.15, 0.2) is 0 Å². The largest absolute Gasteiger partial charge is 0.463 e. The molecule has 0 amide bonds. The van der Waals surface area contributed by atoms with Gasteiger partial charge in [-0.25, -0.2) is 4.79 Å². The van der Waals surface area contributed by atoms with E-state index >= 15 is 0 Å². The molecule has 0 aliphatic rings. The summed E-state index contributed by atoms with van der Waals surface area (Å²) in [4.78, 5) is 11.8. The van der Waals surface area contributed by atoms with E-state index in [1.165, 1.54) is 24.8 Å². The number of aryl methyl sites for hydroxylation is 1. The van der Waals surface area contributed by atoms with Crippen LogP contribution in [0, 0.1) is 0 Å². The Balaban J connectivity index is 2.12. The summed E-state index contributed by atoms with van der Waals surface area (Å²) in [5.74, 6) is 0. The van der Waals surface area contributed by atoms with E-state index in [2.05, 4.69) is 24.2 Å². The second-order valence-electron chi connectivity index (χ2n) is 7.00. The minimum Gasteiger partial charge on any atom is -0.463 e. The van der Waals surface area contributed by atoms with Crippen molar-refractivity contribution >= 4 is 29.3 Å². The first-order valence-corrected chi connectivity index (χ1v) is 10.6. The van der Waals surface area contributed by atoms with Gasteiger partial charge in [0.25, 0.3) is 0 Å². The summed E-state index contributed by atoms with van der Waals surface area (Å²) in [6.07, 6.45) is 4.02. The zero-order chi connectivity index (χ0) is 21.0. The number of unbranched alkanes of at least 4 members (excludes halogenated alkanes) is 2. The quantitative estimate of drug-likeness (QED) is 0.398. The average Bonchev–Trinajstić information content (AvgIpc) is 3.08. The van der Waals surface area contributed by atoms with Crippen molar-refractivity contribution in [3.8, 4) is 22.4 Å². The number of aromatic nitrogens is 2. The molecule has 1 aromatic heterocycles. The fourth-order valence-electron chi connectivity index (χ4n) is 3.53. The van der Waals surface area contributed by atoms with Crippen LogP contribution in [0.3, 0.4) is 0 Å². The lowest BCUT2D eigenvalue weighted by atomic mass is 9.96. The van der Waals surface area contributed by atoms with Crippen molar-refractivity contribution in [2.24, 2.45) is 0 Å². The molecule has 0 atom stereocenters. The summed E-state index contributed by atoms with van der Waals surface area (Å²) in [5.41, 5.74) is 4.83. The standard InChI is InChI=1S/C23H24Cl2N2O2/c1-3-5-6-7-15-8-10-16(11-9-15)21-20(4-2)27(23(28)29)26-22(21)18-13-12-17(24)14-19(18)25/h8-14H,3-7H2,1-2H3,(H,28,29). The Hall–Kier alpha value is -2.30. The van der Waals surface area contributed by atoms with E-state index in [4.69, 9.17) is 23.2 Å². The van der Waals surface area contributed by atoms with Gasteiger partial charge in [-0.1, -0.05) is 74.2 Å². The van der Waals surface area contributed by atoms with E-state index in [9.17, 15) is 9.90 Å². The van der Waals surface area contributed by atoms with Gasteiger partial charge in [-0.2, -0.15) is 9.78 Å². The van der Waals surface area contributed by atoms with Gasteiger partial charge in [-0.05, 0) is 48.6 Å². The monoisotopic (exact) mass is 430 g/mol. The molecule has 0 radical (unpaired) electrons. The molecule has 1 heterocycles. The maximum absolute atomic E-state index is 11.8. The number of hydrogen-bond donors (Lipinski definition) is 1. The van der Waals surface area contributed by atoms with Crippen LogP contribution < -0.4 is 0 Å². The Morgan fingerprint density at radius 1 is 1.07 bits per heavy atom. The zero-order valence-corrected chi connectivity index (χ0v) is 18.1. The third-order valence-electron chi connectivity index (χ3n) is 5.00. The minimum atomic E-state index is -1.12. The summed E-state index contributed by atoms with van der Waals surface area (Å²) in [6.45, 7) is 4.12. The van der Waals surface area contributed by atoms with E-state index < -0.39 is 6.09 Å². The van der Waals surface area contributed by atoms with Gasteiger partial charge >= 0.3 is 6.09 Å². The molecule has 0 fully saturated rings. The Bertz CT molecular complexity index is 1010. The molecule has 0 saturated carbocycles. The molecule has 0 aliphatic heterocycles. The summed E-state index contributed by atoms with van der Waals surface area (Å²) < 4.78 is 1.05. The molecule has 2 aromatic carbocycles. The normalized spacial score (nSPS) is 11.0. The molecular formula is C23H24Cl2N2O2. The lowest BCUT2D eigenvalue weighted by Gasteiger charge is -2.09. The van der Waals surface area contributed by atoms with Crippen molar-refractivity contribution in [3.05, 3.63) is 63.8 Å². The van der Waals surface area contributed by atoms with Crippen LogP contribution in [0.2, 0.25) is 10.0 Å². The van der Waals surface area contributed by atoms with Gasteiger partial charge in [-0.15, -0.1) is 0 Å². The van der Waals surface area contributed by atoms with Gasteiger partial charge in [0.05, 0.1) is 10.7 Å². The minimum absolute atomic E-state index is 0.438. The topological polar surface area (TPSA) is 55.1 Å². The van der Waals surface area contributed by atoms with Crippen LogP contribution >= 0.6 is 23.2 Å². The van der Waals surface area contributed by atoms with Crippen LogP contribution in [0.4, 0.5) is 4.79 Å². The van der Waals surface area contributed by atoms with E-state index in [1.54, 1.807) is 18.2 Å². The number of hydrogen-bond acceptors (Lipinski definition) is 2. The first kappa shape index (κ1) is 21.4. The van der Waals surface area contributed by atoms with Crippen molar-refractivity contribution in [3.63, 3.8) is 0 Å². The highest BCUT2D eigenvalue weighted by molar-refractivity contribution is 6.36. The third kappa shape index (κ3) is 4.65. The fourth-order valence-corrected chi connectivity index (χ4v) is 4.03. The number of nitrogens with zero attached hydrogens (tertiary/aromatic N) is 2. The van der Waals surface area contributed by atoms with Gasteiger partial charge < -0.3 is 5.11 Å². The molecule has 4 nitrogen and oxygen atoms in total. The predicted molar refractivity (Wildman–Crippen MR) is 119 cm³/mol. The lowest BCUT2D eigenvalue weighted by molar-refractivity contribution is 0.192. The van der Waals surface area contributed by atoms with Crippen LogP contribution in [0.15, 0.2) is 42.5 Å². The van der Waals surface area contributed by atoms with Gasteiger partial charge in [0, 0.05) is 16.1 Å². The smallest absolute Gasteiger partial charge is 0.432 e. The Kier molecular flexibility index (Phi) is 6.99. The number of carbonyl (C=O) groups is 1. The highest BCUT2D eigenvalue weighted by Crippen LogP contribution is 2.39. The molecular weight excluding hydrogens is 407 g/mol. The number of benzene rings is 2. The van der Waals surface area contributed by atoms with Crippen molar-refractivity contribution in [1.29, 1.82) is 0 Å². The first-order valence-electron chi connectivity index (χ1n) is 9.86. The molecule has 3 aromatic rings. The van der Waals surface area contributed by atoms with E-state index in [0.717, 1.165) is 22.2 Å². The maximum Gasteiger partial charge on any atom is 0.432 e. The third-order valence-corrected chi connectivity index (χ3v) is 5.54. The van der Waals surface area contributed by atoms with Crippen molar-refractivity contribution in [2.75, 3.05) is 0 Å². The zero-order valence-electron chi connectivity index (χ0n) is 16.6. The number of carboxylic acid groups (broad SMARTS) is 1. The highest BCUT2D eigenvalue weighted by atomic mass is 35.5. The summed E-state index contributed by atoms with van der Waals surface area (Å²) in [5, 5.41) is 15.0. The first-order chi connectivity index (χ1) is 14.0. The van der Waals surface area contributed by atoms with Crippen LogP contribution in [-0.4, -0.2) is 21.0 Å². The molecule has 0 bridgehead atoms. The molecule has 0 unspecified atom stereocenters. The second kappa shape index (κ2) is 9.47. The Morgan fingerprint density at radius 2 is 1.79 bits per heavy atom. The fraction of sp³-hybridized carbons (Fsp3) is 0.304. The van der Waals surface area contributed by atoms with Crippen molar-refractivity contribution < 1.29 is 9.90 Å². The van der Waals surface area contributed by atoms with E-state index in [-0.39, 0.29) is 0 Å². The van der Waals surface area contributed by atoms with E-state index in [1.807, 2.05) is 19.1 Å². The van der Waals surface area contributed by atoms with Gasteiger partial charge in [-0.3, -0.25) is 0 Å². The predicted octanol–water partition coefficient (Wildman–Crippen LogP) is 7.35. The highest BCUT2D eigenvalue weighted by Gasteiger charge is 2.24. The summed E-state index contributed by atoms with van der Waals surface area (Å²) >= 11 is 12.5. The van der Waals surface area contributed by atoms with E-state index in [0.29, 0.717) is 33.4 Å². The van der Waals surface area contributed by atoms with Crippen LogP contribution in [0.1, 0.15) is 44.4 Å². The van der Waals surface area contributed by atoms with Crippen LogP contribution in [0.5, 0.6) is 0 Å². The SMILES string of the molecule is CCCCCc1ccc(-c2c(-c3ccc(Cl)cc3Cl)nn(C(=O)O)c2CC)cc1. The summed E-state index contributed by atoms with van der Waals surface area (Å²) in [6, 6.07) is 13.4. The average molecular weight is 431 g/mol. The molecule has 0 aliphatic carbocycles. The number of rotatable bonds is 7. The van der Waals surface area contributed by atoms with Gasteiger partial charge in [0.1, 0.15) is 5.69 Å². The lowest BCUT2D eigenvalue weighted by Crippen LogP contribution is -2.13. The van der Waals surface area contributed by atoms with Gasteiger partial charge in [0.2, 0.25) is 0 Å². The maximum atomic E-state index is 11.8. The molecule has 0 spiro atoms. The number of halogens is 2. The summed E-state index contributed by atoms with van der Waals surface area (Å²) in [7, 11) is 0.